The van der Waals surface area contributed by atoms with Gasteiger partial charge in [-0.15, -0.1) is 0 Å². The Hall–Kier alpha value is -1.44. The van der Waals surface area contributed by atoms with E-state index in [0.29, 0.717) is 13.0 Å². The molecule has 0 saturated carbocycles. The van der Waals surface area contributed by atoms with E-state index < -0.39 is 10.0 Å². The highest BCUT2D eigenvalue weighted by Gasteiger charge is 2.32. The first-order valence-electron chi connectivity index (χ1n) is 7.90. The maximum absolute atomic E-state index is 12.6. The van der Waals surface area contributed by atoms with Gasteiger partial charge in [-0.05, 0) is 43.1 Å². The number of nitrogens with zero attached hydrogens (tertiary/aromatic N) is 2. The standard InChI is InChI=1S/C16H23N3O3S/c1-11-9-18(3)10-15(11)17-23(21,22)14-4-5-16-13(8-14)6-7-19(16)12(2)20/h4-5,8,11,15,17H,6-7,9-10H2,1-3H3/t11-,15-/m1/s1. The summed E-state index contributed by atoms with van der Waals surface area (Å²) in [6.45, 7) is 5.82. The van der Waals surface area contributed by atoms with Crippen molar-refractivity contribution in [2.75, 3.05) is 31.6 Å². The molecule has 1 N–H and O–H groups in total. The topological polar surface area (TPSA) is 69.7 Å². The van der Waals surface area contributed by atoms with Gasteiger partial charge < -0.3 is 9.80 Å². The van der Waals surface area contributed by atoms with Gasteiger partial charge in [0.1, 0.15) is 0 Å². The molecule has 0 aromatic heterocycles. The van der Waals surface area contributed by atoms with Gasteiger partial charge >= 0.3 is 0 Å². The summed E-state index contributed by atoms with van der Waals surface area (Å²) in [7, 11) is -1.54. The van der Waals surface area contributed by atoms with Gasteiger partial charge in [0, 0.05) is 38.3 Å². The first-order valence-corrected chi connectivity index (χ1v) is 9.38. The van der Waals surface area contributed by atoms with Gasteiger partial charge in [0.2, 0.25) is 15.9 Å². The number of amides is 1. The van der Waals surface area contributed by atoms with Crippen molar-refractivity contribution in [2.45, 2.75) is 31.2 Å². The average molecular weight is 337 g/mol. The van der Waals surface area contributed by atoms with Crippen LogP contribution in [0.15, 0.2) is 23.1 Å². The Balaban J connectivity index is 1.83. The van der Waals surface area contributed by atoms with Crippen molar-refractivity contribution in [3.8, 4) is 0 Å². The third-order valence-electron chi connectivity index (χ3n) is 4.74. The van der Waals surface area contributed by atoms with Crippen LogP contribution >= 0.6 is 0 Å². The number of anilines is 1. The van der Waals surface area contributed by atoms with Crippen molar-refractivity contribution in [1.29, 1.82) is 0 Å². The van der Waals surface area contributed by atoms with Crippen LogP contribution in [-0.4, -0.2) is 51.9 Å². The van der Waals surface area contributed by atoms with Gasteiger partial charge in [-0.3, -0.25) is 4.79 Å². The van der Waals surface area contributed by atoms with Gasteiger partial charge in [-0.2, -0.15) is 0 Å². The molecule has 2 aliphatic heterocycles. The van der Waals surface area contributed by atoms with Crippen LogP contribution in [0.4, 0.5) is 5.69 Å². The number of fused-ring (bicyclic) bond motifs is 1. The zero-order chi connectivity index (χ0) is 16.8. The van der Waals surface area contributed by atoms with E-state index in [-0.39, 0.29) is 22.8 Å². The van der Waals surface area contributed by atoms with Crippen molar-refractivity contribution in [3.63, 3.8) is 0 Å². The van der Waals surface area contributed by atoms with Crippen molar-refractivity contribution in [3.05, 3.63) is 23.8 Å². The summed E-state index contributed by atoms with van der Waals surface area (Å²) in [5, 5.41) is 0. The Bertz CT molecular complexity index is 732. The summed E-state index contributed by atoms with van der Waals surface area (Å²) < 4.78 is 28.1. The van der Waals surface area contributed by atoms with Crippen LogP contribution < -0.4 is 9.62 Å². The van der Waals surface area contributed by atoms with Crippen LogP contribution in [-0.2, 0) is 21.2 Å². The molecule has 7 heteroatoms. The fraction of sp³-hybridized carbons (Fsp3) is 0.562. The zero-order valence-electron chi connectivity index (χ0n) is 13.7. The fourth-order valence-electron chi connectivity index (χ4n) is 3.50. The first-order chi connectivity index (χ1) is 10.8. The van der Waals surface area contributed by atoms with E-state index in [2.05, 4.69) is 16.5 Å². The zero-order valence-corrected chi connectivity index (χ0v) is 14.6. The number of likely N-dealkylation sites (N-methyl/N-ethyl adjacent to an activating group) is 1. The third kappa shape index (κ3) is 3.13. The third-order valence-corrected chi connectivity index (χ3v) is 6.23. The molecule has 0 unspecified atom stereocenters. The molecule has 1 aromatic rings. The van der Waals surface area contributed by atoms with Crippen molar-refractivity contribution < 1.29 is 13.2 Å². The van der Waals surface area contributed by atoms with Crippen LogP contribution in [0.3, 0.4) is 0 Å². The average Bonchev–Trinajstić information content (AvgIpc) is 3.01. The molecule has 1 aromatic carbocycles. The van der Waals surface area contributed by atoms with Gasteiger partial charge in [-0.1, -0.05) is 6.92 Å². The summed E-state index contributed by atoms with van der Waals surface area (Å²) in [5.41, 5.74) is 1.74. The number of likely N-dealkylation sites (tertiary alicyclic amines) is 1. The highest BCUT2D eigenvalue weighted by molar-refractivity contribution is 7.89. The number of rotatable bonds is 3. The lowest BCUT2D eigenvalue weighted by Gasteiger charge is -2.18. The van der Waals surface area contributed by atoms with Crippen LogP contribution in [0.1, 0.15) is 19.4 Å². The maximum Gasteiger partial charge on any atom is 0.240 e. The Morgan fingerprint density at radius 1 is 1.30 bits per heavy atom. The Morgan fingerprint density at radius 3 is 2.65 bits per heavy atom. The molecule has 1 fully saturated rings. The van der Waals surface area contributed by atoms with E-state index in [0.717, 1.165) is 24.3 Å². The smallest absolute Gasteiger partial charge is 0.240 e. The molecule has 0 spiro atoms. The van der Waals surface area contributed by atoms with Crippen molar-refractivity contribution in [2.24, 2.45) is 5.92 Å². The Morgan fingerprint density at radius 2 is 2.04 bits per heavy atom. The van der Waals surface area contributed by atoms with Gasteiger partial charge in [0.25, 0.3) is 0 Å². The lowest BCUT2D eigenvalue weighted by molar-refractivity contribution is -0.116. The maximum atomic E-state index is 12.6. The minimum Gasteiger partial charge on any atom is -0.312 e. The minimum absolute atomic E-state index is 0.0136. The second kappa shape index (κ2) is 5.89. The molecule has 1 amide bonds. The van der Waals surface area contributed by atoms with Crippen LogP contribution in [0.2, 0.25) is 0 Å². The fourth-order valence-corrected chi connectivity index (χ4v) is 4.89. The predicted molar refractivity (Wildman–Crippen MR) is 88.9 cm³/mol. The summed E-state index contributed by atoms with van der Waals surface area (Å²) in [4.78, 5) is 15.7. The largest absolute Gasteiger partial charge is 0.312 e. The van der Waals surface area contributed by atoms with Crippen LogP contribution in [0.5, 0.6) is 0 Å². The molecule has 23 heavy (non-hydrogen) atoms. The van der Waals surface area contributed by atoms with E-state index in [1.807, 2.05) is 7.05 Å². The lowest BCUT2D eigenvalue weighted by Crippen LogP contribution is -2.39. The number of hydrogen-bond donors (Lipinski definition) is 1. The SMILES string of the molecule is CC(=O)N1CCc2cc(S(=O)(=O)N[C@@H]3CN(C)C[C@H]3C)ccc21. The van der Waals surface area contributed by atoms with Crippen LogP contribution in [0.25, 0.3) is 0 Å². The molecule has 126 valence electrons. The molecule has 0 bridgehead atoms. The van der Waals surface area contributed by atoms with Gasteiger partial charge in [0.05, 0.1) is 4.90 Å². The molecule has 0 radical (unpaired) electrons. The second-order valence-corrected chi connectivity index (χ2v) is 8.35. The molecule has 2 heterocycles. The van der Waals surface area contributed by atoms with Gasteiger partial charge in [0.15, 0.2) is 0 Å². The molecular formula is C16H23N3O3S. The van der Waals surface area contributed by atoms with Gasteiger partial charge in [-0.25, -0.2) is 13.1 Å². The molecule has 2 atom stereocenters. The van der Waals surface area contributed by atoms with E-state index in [9.17, 15) is 13.2 Å². The molecular weight excluding hydrogens is 314 g/mol. The van der Waals surface area contributed by atoms with Crippen LogP contribution in [0, 0.1) is 5.92 Å². The summed E-state index contributed by atoms with van der Waals surface area (Å²) in [6, 6.07) is 4.96. The molecule has 2 aliphatic rings. The van der Waals surface area contributed by atoms with E-state index in [1.54, 1.807) is 23.1 Å². The number of nitrogens with one attached hydrogen (secondary N) is 1. The predicted octanol–water partition coefficient (Wildman–Crippen LogP) is 0.824. The molecule has 0 aliphatic carbocycles. The monoisotopic (exact) mass is 337 g/mol. The highest BCUT2D eigenvalue weighted by Crippen LogP contribution is 2.30. The summed E-state index contributed by atoms with van der Waals surface area (Å²) in [5.74, 6) is 0.276. The lowest BCUT2D eigenvalue weighted by atomic mass is 10.1. The number of hydrogen-bond acceptors (Lipinski definition) is 4. The molecule has 6 nitrogen and oxygen atoms in total. The first kappa shape index (κ1) is 16.4. The number of carbonyl (C=O) groups excluding carboxylic acids is 1. The Kier molecular flexibility index (Phi) is 4.20. The number of sulfonamides is 1. The Labute approximate surface area is 137 Å². The van der Waals surface area contributed by atoms with E-state index >= 15 is 0 Å². The van der Waals surface area contributed by atoms with Crippen molar-refractivity contribution >= 4 is 21.6 Å². The molecule has 3 rings (SSSR count). The summed E-state index contributed by atoms with van der Waals surface area (Å²) in [6.07, 6.45) is 0.695. The van der Waals surface area contributed by atoms with E-state index in [4.69, 9.17) is 0 Å². The number of benzene rings is 1. The summed E-state index contributed by atoms with van der Waals surface area (Å²) >= 11 is 0. The quantitative estimate of drug-likeness (QED) is 0.887. The normalized spacial score (nSPS) is 24.9. The van der Waals surface area contributed by atoms with E-state index in [1.165, 1.54) is 6.92 Å². The second-order valence-electron chi connectivity index (χ2n) is 6.64. The molecule has 1 saturated heterocycles. The number of carbonyl (C=O) groups is 1. The highest BCUT2D eigenvalue weighted by atomic mass is 32.2. The minimum atomic E-state index is -3.54. The van der Waals surface area contributed by atoms with Crippen molar-refractivity contribution in [1.82, 2.24) is 9.62 Å².